The van der Waals surface area contributed by atoms with Gasteiger partial charge < -0.3 is 14.4 Å². The summed E-state index contributed by atoms with van der Waals surface area (Å²) in [6, 6.07) is 4.30. The fraction of sp³-hybridized carbons (Fsp3) is 0.625. The number of hydrogen-bond acceptors (Lipinski definition) is 3. The number of rotatable bonds is 2. The Kier molecular flexibility index (Phi) is 3.40. The van der Waals surface area contributed by atoms with Crippen LogP contribution in [0.5, 0.6) is 11.5 Å². The Morgan fingerprint density at radius 2 is 2.26 bits per heavy atom. The summed E-state index contributed by atoms with van der Waals surface area (Å²) < 4.78 is 11.5. The molecule has 1 aromatic rings. The number of likely N-dealkylation sites (N-methyl/N-ethyl adjacent to an activating group) is 1. The molecule has 0 bridgehead atoms. The van der Waals surface area contributed by atoms with Crippen molar-refractivity contribution in [1.82, 2.24) is 4.90 Å². The van der Waals surface area contributed by atoms with Gasteiger partial charge in [-0.25, -0.2) is 0 Å². The van der Waals surface area contributed by atoms with E-state index in [4.69, 9.17) is 9.47 Å². The zero-order valence-electron chi connectivity index (χ0n) is 12.1. The first-order chi connectivity index (χ1) is 9.22. The molecule has 0 radical (unpaired) electrons. The molecule has 3 heteroatoms. The van der Waals surface area contributed by atoms with Crippen LogP contribution in [0, 0.1) is 5.92 Å². The number of likely N-dealkylation sites (tertiary alicyclic amines) is 1. The number of ether oxygens (including phenoxy) is 2. The summed E-state index contributed by atoms with van der Waals surface area (Å²) in [5.74, 6) is 3.36. The van der Waals surface area contributed by atoms with Gasteiger partial charge in [0.2, 0.25) is 0 Å². The topological polar surface area (TPSA) is 21.7 Å². The Labute approximate surface area is 115 Å². The van der Waals surface area contributed by atoms with Crippen LogP contribution in [0.15, 0.2) is 12.1 Å². The van der Waals surface area contributed by atoms with Crippen molar-refractivity contribution in [2.45, 2.75) is 25.7 Å². The van der Waals surface area contributed by atoms with Gasteiger partial charge in [0.25, 0.3) is 0 Å². The second kappa shape index (κ2) is 5.04. The molecule has 0 unspecified atom stereocenters. The van der Waals surface area contributed by atoms with E-state index >= 15 is 0 Å². The molecule has 3 nitrogen and oxygen atoms in total. The molecule has 2 atom stereocenters. The second-order valence-electron chi connectivity index (χ2n) is 5.79. The van der Waals surface area contributed by atoms with Gasteiger partial charge in [0.1, 0.15) is 11.5 Å². The Morgan fingerprint density at radius 1 is 1.42 bits per heavy atom. The molecule has 1 saturated heterocycles. The highest BCUT2D eigenvalue weighted by Crippen LogP contribution is 2.44. The first kappa shape index (κ1) is 12.8. The van der Waals surface area contributed by atoms with Crippen molar-refractivity contribution in [3.05, 3.63) is 23.3 Å². The standard InChI is InChI=1S/C16H23NO2/c1-4-11-7-13(18-3)8-14-15-9-17(2)6-5-12(15)10-19-16(11)14/h7-8,12,15H,4-6,9-10H2,1-3H3/t12-,15-/m0/s1. The van der Waals surface area contributed by atoms with Gasteiger partial charge >= 0.3 is 0 Å². The summed E-state index contributed by atoms with van der Waals surface area (Å²) in [6.07, 6.45) is 2.23. The Morgan fingerprint density at radius 3 is 3.00 bits per heavy atom. The van der Waals surface area contributed by atoms with E-state index in [2.05, 4.69) is 31.0 Å². The number of piperidine rings is 1. The maximum absolute atomic E-state index is 6.08. The van der Waals surface area contributed by atoms with Gasteiger partial charge in [-0.1, -0.05) is 6.92 Å². The van der Waals surface area contributed by atoms with Crippen LogP contribution in [-0.2, 0) is 6.42 Å². The normalized spacial score (nSPS) is 26.3. The molecule has 3 rings (SSSR count). The maximum atomic E-state index is 6.08. The van der Waals surface area contributed by atoms with E-state index in [1.807, 2.05) is 0 Å². The van der Waals surface area contributed by atoms with Gasteiger partial charge in [-0.15, -0.1) is 0 Å². The van der Waals surface area contributed by atoms with Crippen molar-refractivity contribution in [3.8, 4) is 11.5 Å². The van der Waals surface area contributed by atoms with Crippen LogP contribution in [0.2, 0.25) is 0 Å². The summed E-state index contributed by atoms with van der Waals surface area (Å²) >= 11 is 0. The minimum absolute atomic E-state index is 0.600. The quantitative estimate of drug-likeness (QED) is 0.817. The maximum Gasteiger partial charge on any atom is 0.126 e. The fourth-order valence-electron chi connectivity index (χ4n) is 3.42. The fourth-order valence-corrected chi connectivity index (χ4v) is 3.42. The van der Waals surface area contributed by atoms with Crippen molar-refractivity contribution in [2.24, 2.45) is 5.92 Å². The molecule has 2 aliphatic rings. The first-order valence-corrected chi connectivity index (χ1v) is 7.25. The van der Waals surface area contributed by atoms with Crippen LogP contribution in [0.3, 0.4) is 0 Å². The van der Waals surface area contributed by atoms with E-state index in [0.717, 1.165) is 31.1 Å². The van der Waals surface area contributed by atoms with E-state index in [-0.39, 0.29) is 0 Å². The lowest BCUT2D eigenvalue weighted by molar-refractivity contribution is 0.113. The molecular weight excluding hydrogens is 238 g/mol. The van der Waals surface area contributed by atoms with Gasteiger partial charge in [0, 0.05) is 23.9 Å². The van der Waals surface area contributed by atoms with Gasteiger partial charge in [0.05, 0.1) is 13.7 Å². The molecule has 0 N–H and O–H groups in total. The molecule has 0 aromatic heterocycles. The third kappa shape index (κ3) is 2.20. The third-order valence-electron chi connectivity index (χ3n) is 4.58. The molecule has 0 amide bonds. The van der Waals surface area contributed by atoms with E-state index < -0.39 is 0 Å². The molecule has 2 aliphatic heterocycles. The van der Waals surface area contributed by atoms with Crippen LogP contribution in [-0.4, -0.2) is 38.8 Å². The number of aryl methyl sites for hydroxylation is 1. The number of fused-ring (bicyclic) bond motifs is 3. The van der Waals surface area contributed by atoms with Crippen LogP contribution in [0.4, 0.5) is 0 Å². The molecule has 1 aromatic carbocycles. The molecule has 19 heavy (non-hydrogen) atoms. The predicted octanol–water partition coefficient (Wildman–Crippen LogP) is 2.69. The van der Waals surface area contributed by atoms with Crippen LogP contribution in [0.1, 0.15) is 30.4 Å². The number of methoxy groups -OCH3 is 1. The first-order valence-electron chi connectivity index (χ1n) is 7.25. The summed E-state index contributed by atoms with van der Waals surface area (Å²) in [5.41, 5.74) is 2.64. The van der Waals surface area contributed by atoms with Gasteiger partial charge in [-0.3, -0.25) is 0 Å². The summed E-state index contributed by atoms with van der Waals surface area (Å²) in [6.45, 7) is 5.38. The third-order valence-corrected chi connectivity index (χ3v) is 4.58. The lowest BCUT2D eigenvalue weighted by atomic mass is 9.78. The van der Waals surface area contributed by atoms with E-state index in [0.29, 0.717) is 11.8 Å². The minimum Gasteiger partial charge on any atom is -0.497 e. The molecule has 104 valence electrons. The molecule has 1 fully saturated rings. The van der Waals surface area contributed by atoms with Crippen LogP contribution >= 0.6 is 0 Å². The zero-order chi connectivity index (χ0) is 13.4. The smallest absolute Gasteiger partial charge is 0.126 e. The Hall–Kier alpha value is -1.22. The van der Waals surface area contributed by atoms with E-state index in [1.165, 1.54) is 24.1 Å². The zero-order valence-corrected chi connectivity index (χ0v) is 12.1. The number of benzene rings is 1. The van der Waals surface area contributed by atoms with Crippen molar-refractivity contribution in [2.75, 3.05) is 33.9 Å². The van der Waals surface area contributed by atoms with Crippen molar-refractivity contribution < 1.29 is 9.47 Å². The Balaban J connectivity index is 2.04. The second-order valence-corrected chi connectivity index (χ2v) is 5.79. The van der Waals surface area contributed by atoms with Gasteiger partial charge in [0.15, 0.2) is 0 Å². The van der Waals surface area contributed by atoms with Gasteiger partial charge in [-0.05, 0) is 44.1 Å². The number of hydrogen-bond donors (Lipinski definition) is 0. The molecular formula is C16H23NO2. The molecule has 2 heterocycles. The van der Waals surface area contributed by atoms with E-state index in [9.17, 15) is 0 Å². The van der Waals surface area contributed by atoms with Gasteiger partial charge in [-0.2, -0.15) is 0 Å². The molecule has 0 spiro atoms. The number of nitrogens with zero attached hydrogens (tertiary/aromatic N) is 1. The monoisotopic (exact) mass is 261 g/mol. The van der Waals surface area contributed by atoms with Crippen molar-refractivity contribution in [1.29, 1.82) is 0 Å². The lowest BCUT2D eigenvalue weighted by Gasteiger charge is -2.41. The molecule has 0 aliphatic carbocycles. The lowest BCUT2D eigenvalue weighted by Crippen LogP contribution is -2.41. The summed E-state index contributed by atoms with van der Waals surface area (Å²) in [5, 5.41) is 0. The molecule has 0 saturated carbocycles. The summed E-state index contributed by atoms with van der Waals surface area (Å²) in [4.78, 5) is 2.43. The van der Waals surface area contributed by atoms with Crippen molar-refractivity contribution >= 4 is 0 Å². The van der Waals surface area contributed by atoms with Crippen LogP contribution in [0.25, 0.3) is 0 Å². The van der Waals surface area contributed by atoms with Crippen LogP contribution < -0.4 is 9.47 Å². The van der Waals surface area contributed by atoms with Crippen molar-refractivity contribution in [3.63, 3.8) is 0 Å². The average Bonchev–Trinajstić information content (AvgIpc) is 2.45. The average molecular weight is 261 g/mol. The summed E-state index contributed by atoms with van der Waals surface area (Å²) in [7, 11) is 3.96. The largest absolute Gasteiger partial charge is 0.497 e. The highest BCUT2D eigenvalue weighted by atomic mass is 16.5. The van der Waals surface area contributed by atoms with E-state index in [1.54, 1.807) is 7.11 Å². The predicted molar refractivity (Wildman–Crippen MR) is 76.2 cm³/mol. The Bertz CT molecular complexity index is 472. The highest BCUT2D eigenvalue weighted by Gasteiger charge is 2.35. The highest BCUT2D eigenvalue weighted by molar-refractivity contribution is 5.50. The minimum atomic E-state index is 0.600. The SMILES string of the molecule is CCc1cc(OC)cc2c1OC[C@@H]1CCN(C)C[C@H]21.